The molecule has 1 aliphatic heterocycles. The lowest BCUT2D eigenvalue weighted by Gasteiger charge is -2.24. The number of carbonyl (C=O) groups is 1. The topological polar surface area (TPSA) is 41.6 Å². The average Bonchev–Trinajstić information content (AvgIpc) is 3.04. The fourth-order valence-electron chi connectivity index (χ4n) is 3.05. The molecule has 1 heterocycles. The highest BCUT2D eigenvalue weighted by atomic mass is 35.5. The third-order valence-corrected chi connectivity index (χ3v) is 4.45. The number of likely N-dealkylation sites (tertiary alicyclic amines) is 1. The van der Waals surface area contributed by atoms with Crippen LogP contribution in [0.4, 0.5) is 0 Å². The Morgan fingerprint density at radius 1 is 1.25 bits per heavy atom. The maximum atomic E-state index is 12.7. The standard InChI is InChI=1S/C19H21ClN2O2/c1-21-13-16-5-3-11-22(16)19(23)14-7-9-17(10-8-14)24-18-6-2-4-15(20)12-18/h2,4,6-10,12,16,21H,3,5,11,13H2,1H3. The van der Waals surface area contributed by atoms with E-state index >= 15 is 0 Å². The molecule has 1 N–H and O–H groups in total. The van der Waals surface area contributed by atoms with Gasteiger partial charge in [-0.25, -0.2) is 0 Å². The number of amides is 1. The van der Waals surface area contributed by atoms with Gasteiger partial charge in [-0.3, -0.25) is 4.79 Å². The van der Waals surface area contributed by atoms with Crippen molar-refractivity contribution in [1.29, 1.82) is 0 Å². The van der Waals surface area contributed by atoms with Gasteiger partial charge in [-0.05, 0) is 62.4 Å². The van der Waals surface area contributed by atoms with Gasteiger partial charge in [0.1, 0.15) is 11.5 Å². The predicted molar refractivity (Wildman–Crippen MR) is 96.0 cm³/mol. The summed E-state index contributed by atoms with van der Waals surface area (Å²) in [7, 11) is 1.92. The Hall–Kier alpha value is -2.04. The third-order valence-electron chi connectivity index (χ3n) is 4.21. The summed E-state index contributed by atoms with van der Waals surface area (Å²) in [5.74, 6) is 1.44. The lowest BCUT2D eigenvalue weighted by Crippen LogP contribution is -2.40. The molecule has 5 heteroatoms. The molecule has 1 atom stereocenters. The number of carbonyl (C=O) groups excluding carboxylic acids is 1. The van der Waals surface area contributed by atoms with Crippen LogP contribution < -0.4 is 10.1 Å². The van der Waals surface area contributed by atoms with Crippen LogP contribution in [0.25, 0.3) is 0 Å². The van der Waals surface area contributed by atoms with Crippen molar-refractivity contribution >= 4 is 17.5 Å². The molecule has 126 valence electrons. The Bertz CT molecular complexity index is 703. The number of nitrogens with zero attached hydrogens (tertiary/aromatic N) is 1. The molecule has 1 fully saturated rings. The molecule has 2 aromatic rings. The normalized spacial score (nSPS) is 17.1. The van der Waals surface area contributed by atoms with Crippen LogP contribution in [0.5, 0.6) is 11.5 Å². The SMILES string of the molecule is CNCC1CCCN1C(=O)c1ccc(Oc2cccc(Cl)c2)cc1. The number of likely N-dealkylation sites (N-methyl/N-ethyl adjacent to an activating group) is 1. The molecule has 3 rings (SSSR count). The second-order valence-corrected chi connectivity index (χ2v) is 6.37. The van der Waals surface area contributed by atoms with Crippen LogP contribution in [0.3, 0.4) is 0 Å². The number of ether oxygens (including phenoxy) is 1. The molecule has 1 amide bonds. The van der Waals surface area contributed by atoms with E-state index in [9.17, 15) is 4.79 Å². The van der Waals surface area contributed by atoms with E-state index < -0.39 is 0 Å². The molecule has 1 saturated heterocycles. The van der Waals surface area contributed by atoms with Crippen LogP contribution in [0.2, 0.25) is 5.02 Å². The molecule has 0 bridgehead atoms. The first-order valence-corrected chi connectivity index (χ1v) is 8.54. The van der Waals surface area contributed by atoms with Gasteiger partial charge in [0.05, 0.1) is 0 Å². The smallest absolute Gasteiger partial charge is 0.254 e. The van der Waals surface area contributed by atoms with E-state index in [1.54, 1.807) is 12.1 Å². The monoisotopic (exact) mass is 344 g/mol. The highest BCUT2D eigenvalue weighted by molar-refractivity contribution is 6.30. The van der Waals surface area contributed by atoms with Crippen molar-refractivity contribution in [3.63, 3.8) is 0 Å². The summed E-state index contributed by atoms with van der Waals surface area (Å²) in [4.78, 5) is 14.6. The minimum atomic E-state index is 0.0852. The third kappa shape index (κ3) is 3.89. The van der Waals surface area contributed by atoms with Gasteiger partial charge in [0.15, 0.2) is 0 Å². The molecular weight excluding hydrogens is 324 g/mol. The van der Waals surface area contributed by atoms with Crippen LogP contribution in [0.1, 0.15) is 23.2 Å². The average molecular weight is 345 g/mol. The van der Waals surface area contributed by atoms with Crippen LogP contribution in [0, 0.1) is 0 Å². The van der Waals surface area contributed by atoms with Gasteiger partial charge in [0, 0.05) is 29.7 Å². The van der Waals surface area contributed by atoms with Crippen molar-refractivity contribution in [3.8, 4) is 11.5 Å². The van der Waals surface area contributed by atoms with Crippen LogP contribution in [-0.4, -0.2) is 37.0 Å². The fourth-order valence-corrected chi connectivity index (χ4v) is 3.23. The van der Waals surface area contributed by atoms with E-state index in [2.05, 4.69) is 5.32 Å². The minimum Gasteiger partial charge on any atom is -0.457 e. The molecule has 1 aliphatic rings. The predicted octanol–water partition coefficient (Wildman–Crippen LogP) is 3.96. The van der Waals surface area contributed by atoms with Crippen LogP contribution in [-0.2, 0) is 0 Å². The molecule has 2 aromatic carbocycles. The maximum Gasteiger partial charge on any atom is 0.254 e. The molecular formula is C19H21ClN2O2. The second kappa shape index (κ2) is 7.69. The van der Waals surface area contributed by atoms with Gasteiger partial charge in [0.25, 0.3) is 5.91 Å². The first kappa shape index (κ1) is 16.8. The van der Waals surface area contributed by atoms with E-state index in [1.165, 1.54) is 0 Å². The summed E-state index contributed by atoms with van der Waals surface area (Å²) in [5.41, 5.74) is 0.691. The molecule has 0 aromatic heterocycles. The van der Waals surface area contributed by atoms with Gasteiger partial charge in [-0.1, -0.05) is 17.7 Å². The van der Waals surface area contributed by atoms with Gasteiger partial charge < -0.3 is 15.0 Å². The number of nitrogens with one attached hydrogen (secondary N) is 1. The Kier molecular flexibility index (Phi) is 5.38. The summed E-state index contributed by atoms with van der Waals surface area (Å²) in [5, 5.41) is 3.79. The van der Waals surface area contributed by atoms with Crippen molar-refractivity contribution in [2.45, 2.75) is 18.9 Å². The Balaban J connectivity index is 1.68. The van der Waals surface area contributed by atoms with Crippen molar-refractivity contribution in [2.75, 3.05) is 20.1 Å². The van der Waals surface area contributed by atoms with Crippen molar-refractivity contribution < 1.29 is 9.53 Å². The summed E-state index contributed by atoms with van der Waals surface area (Å²) in [6, 6.07) is 14.8. The van der Waals surface area contributed by atoms with Gasteiger partial charge in [-0.2, -0.15) is 0 Å². The van der Waals surface area contributed by atoms with Gasteiger partial charge in [-0.15, -0.1) is 0 Å². The zero-order chi connectivity index (χ0) is 16.9. The van der Waals surface area contributed by atoms with Gasteiger partial charge >= 0.3 is 0 Å². The van der Waals surface area contributed by atoms with Crippen molar-refractivity contribution in [2.24, 2.45) is 0 Å². The van der Waals surface area contributed by atoms with Crippen LogP contribution in [0.15, 0.2) is 48.5 Å². The molecule has 0 spiro atoms. The van der Waals surface area contributed by atoms with Crippen LogP contribution >= 0.6 is 11.6 Å². The van der Waals surface area contributed by atoms with E-state index in [4.69, 9.17) is 16.3 Å². The summed E-state index contributed by atoms with van der Waals surface area (Å²) in [6.45, 7) is 1.66. The lowest BCUT2D eigenvalue weighted by atomic mass is 10.1. The van der Waals surface area contributed by atoms with E-state index in [1.807, 2.05) is 48.3 Å². The minimum absolute atomic E-state index is 0.0852. The summed E-state index contributed by atoms with van der Waals surface area (Å²) >= 11 is 5.95. The van der Waals surface area contributed by atoms with Crippen molar-refractivity contribution in [3.05, 3.63) is 59.1 Å². The Morgan fingerprint density at radius 2 is 2.04 bits per heavy atom. The number of halogens is 1. The van der Waals surface area contributed by atoms with E-state index in [-0.39, 0.29) is 11.9 Å². The zero-order valence-corrected chi connectivity index (χ0v) is 14.4. The Morgan fingerprint density at radius 3 is 2.75 bits per heavy atom. The van der Waals surface area contributed by atoms with E-state index in [0.717, 1.165) is 25.9 Å². The quantitative estimate of drug-likeness (QED) is 0.892. The fraction of sp³-hybridized carbons (Fsp3) is 0.316. The van der Waals surface area contributed by atoms with Gasteiger partial charge in [0.2, 0.25) is 0 Å². The summed E-state index contributed by atoms with van der Waals surface area (Å²) < 4.78 is 5.76. The molecule has 0 radical (unpaired) electrons. The molecule has 0 saturated carbocycles. The molecule has 0 aliphatic carbocycles. The number of benzene rings is 2. The largest absolute Gasteiger partial charge is 0.457 e. The first-order valence-electron chi connectivity index (χ1n) is 8.16. The number of rotatable bonds is 5. The maximum absolute atomic E-state index is 12.7. The zero-order valence-electron chi connectivity index (χ0n) is 13.7. The number of hydrogen-bond acceptors (Lipinski definition) is 3. The van der Waals surface area contributed by atoms with E-state index in [0.29, 0.717) is 22.1 Å². The first-order chi connectivity index (χ1) is 11.7. The highest BCUT2D eigenvalue weighted by Gasteiger charge is 2.28. The highest BCUT2D eigenvalue weighted by Crippen LogP contribution is 2.25. The second-order valence-electron chi connectivity index (χ2n) is 5.94. The lowest BCUT2D eigenvalue weighted by molar-refractivity contribution is 0.0737. The van der Waals surface area contributed by atoms with Crippen molar-refractivity contribution in [1.82, 2.24) is 10.2 Å². The molecule has 4 nitrogen and oxygen atoms in total. The molecule has 1 unspecified atom stereocenters. The summed E-state index contributed by atoms with van der Waals surface area (Å²) in [6.07, 6.45) is 2.12. The number of hydrogen-bond donors (Lipinski definition) is 1. The Labute approximate surface area is 147 Å². The molecule has 24 heavy (non-hydrogen) atoms.